The van der Waals surface area contributed by atoms with Gasteiger partial charge in [-0.15, -0.1) is 0 Å². The summed E-state index contributed by atoms with van der Waals surface area (Å²) < 4.78 is 4.63. The van der Waals surface area contributed by atoms with Gasteiger partial charge in [-0.3, -0.25) is 0 Å². The first-order valence-corrected chi connectivity index (χ1v) is 5.33. The number of benzene rings is 1. The van der Waals surface area contributed by atoms with Crippen molar-refractivity contribution in [1.29, 1.82) is 0 Å². The number of hydrogen-bond acceptors (Lipinski definition) is 3. The molecule has 0 radical (unpaired) electrons. The highest BCUT2D eigenvalue weighted by Crippen LogP contribution is 2.21. The normalized spacial score (nSPS) is 10.3. The molecular formula is C13H14N2O2. The van der Waals surface area contributed by atoms with Gasteiger partial charge in [-0.2, -0.15) is 0 Å². The van der Waals surface area contributed by atoms with E-state index in [0.717, 1.165) is 16.7 Å². The van der Waals surface area contributed by atoms with E-state index in [2.05, 4.69) is 14.7 Å². The third-order valence-electron chi connectivity index (χ3n) is 2.63. The first kappa shape index (κ1) is 11.4. The van der Waals surface area contributed by atoms with Crippen LogP contribution >= 0.6 is 0 Å². The molecular weight excluding hydrogens is 216 g/mol. The lowest BCUT2D eigenvalue weighted by Crippen LogP contribution is -2.01. The smallest absolute Gasteiger partial charge is 0.356 e. The monoisotopic (exact) mass is 230 g/mol. The van der Waals surface area contributed by atoms with E-state index < -0.39 is 5.97 Å². The molecule has 4 nitrogen and oxygen atoms in total. The predicted molar refractivity (Wildman–Crippen MR) is 64.8 cm³/mol. The minimum absolute atomic E-state index is 0.364. The van der Waals surface area contributed by atoms with Gasteiger partial charge in [0.2, 0.25) is 0 Å². The minimum Gasteiger partial charge on any atom is -0.464 e. The standard InChI is InChI=1S/C13H14N2O2/c1-8-4-5-9(2)10(6-8)12-14-7-11(15-12)13(16)17-3/h4-7H,1-3H3,(H,14,15). The Labute approximate surface area is 99.7 Å². The van der Waals surface area contributed by atoms with Crippen LogP contribution in [0.25, 0.3) is 11.4 Å². The van der Waals surface area contributed by atoms with E-state index in [1.165, 1.54) is 13.3 Å². The molecule has 17 heavy (non-hydrogen) atoms. The number of aromatic amines is 1. The van der Waals surface area contributed by atoms with E-state index in [0.29, 0.717) is 11.5 Å². The molecule has 4 heteroatoms. The Morgan fingerprint density at radius 1 is 1.35 bits per heavy atom. The van der Waals surface area contributed by atoms with Gasteiger partial charge in [0, 0.05) is 5.56 Å². The van der Waals surface area contributed by atoms with Crippen molar-refractivity contribution in [2.45, 2.75) is 13.8 Å². The number of esters is 1. The summed E-state index contributed by atoms with van der Waals surface area (Å²) in [6, 6.07) is 6.11. The molecule has 1 heterocycles. The molecule has 0 spiro atoms. The Kier molecular flexibility index (Phi) is 2.95. The highest BCUT2D eigenvalue weighted by Gasteiger charge is 2.11. The molecule has 2 aromatic rings. The summed E-state index contributed by atoms with van der Waals surface area (Å²) in [5.74, 6) is 0.278. The van der Waals surface area contributed by atoms with Crippen LogP contribution in [0.15, 0.2) is 24.4 Å². The fraction of sp³-hybridized carbons (Fsp3) is 0.231. The van der Waals surface area contributed by atoms with Gasteiger partial charge in [0.05, 0.1) is 13.3 Å². The van der Waals surface area contributed by atoms with Crippen LogP contribution in [-0.2, 0) is 4.74 Å². The van der Waals surface area contributed by atoms with Crippen molar-refractivity contribution in [2.24, 2.45) is 0 Å². The third-order valence-corrected chi connectivity index (χ3v) is 2.63. The van der Waals surface area contributed by atoms with Gasteiger partial charge in [-0.1, -0.05) is 17.7 Å². The van der Waals surface area contributed by atoms with E-state index in [-0.39, 0.29) is 0 Å². The van der Waals surface area contributed by atoms with Crippen molar-refractivity contribution in [2.75, 3.05) is 7.11 Å². The zero-order chi connectivity index (χ0) is 12.4. The number of carbonyl (C=O) groups excluding carboxylic acids is 1. The second-order valence-electron chi connectivity index (χ2n) is 3.96. The fourth-order valence-corrected chi connectivity index (χ4v) is 1.66. The first-order chi connectivity index (χ1) is 8.11. The average molecular weight is 230 g/mol. The zero-order valence-electron chi connectivity index (χ0n) is 10.1. The van der Waals surface area contributed by atoms with Crippen molar-refractivity contribution in [3.63, 3.8) is 0 Å². The molecule has 0 atom stereocenters. The molecule has 0 amide bonds. The lowest BCUT2D eigenvalue weighted by Gasteiger charge is -2.03. The summed E-state index contributed by atoms with van der Waals surface area (Å²) in [4.78, 5) is 18.5. The van der Waals surface area contributed by atoms with E-state index in [1.807, 2.05) is 32.0 Å². The SMILES string of the molecule is COC(=O)c1cnc(-c2cc(C)ccc2C)[nH]1. The van der Waals surface area contributed by atoms with Crippen LogP contribution in [-0.4, -0.2) is 23.0 Å². The molecule has 1 N–H and O–H groups in total. The number of nitrogens with zero attached hydrogens (tertiary/aromatic N) is 1. The average Bonchev–Trinajstić information content (AvgIpc) is 2.80. The van der Waals surface area contributed by atoms with Crippen LogP contribution in [0.2, 0.25) is 0 Å². The zero-order valence-corrected chi connectivity index (χ0v) is 10.1. The first-order valence-electron chi connectivity index (χ1n) is 5.33. The Bertz CT molecular complexity index is 558. The number of ether oxygens (including phenoxy) is 1. The number of nitrogens with one attached hydrogen (secondary N) is 1. The van der Waals surface area contributed by atoms with Gasteiger partial charge >= 0.3 is 5.97 Å². The molecule has 1 aromatic heterocycles. The molecule has 88 valence electrons. The number of aryl methyl sites for hydroxylation is 2. The van der Waals surface area contributed by atoms with Crippen LogP contribution in [0.4, 0.5) is 0 Å². The second-order valence-corrected chi connectivity index (χ2v) is 3.96. The van der Waals surface area contributed by atoms with E-state index in [1.54, 1.807) is 0 Å². The lowest BCUT2D eigenvalue weighted by molar-refractivity contribution is 0.0595. The number of rotatable bonds is 2. The van der Waals surface area contributed by atoms with Crippen molar-refractivity contribution in [3.05, 3.63) is 41.2 Å². The summed E-state index contributed by atoms with van der Waals surface area (Å²) >= 11 is 0. The van der Waals surface area contributed by atoms with Crippen LogP contribution in [0.3, 0.4) is 0 Å². The number of H-pyrrole nitrogens is 1. The summed E-state index contributed by atoms with van der Waals surface area (Å²) in [6.07, 6.45) is 1.49. The summed E-state index contributed by atoms with van der Waals surface area (Å²) in [7, 11) is 1.35. The van der Waals surface area contributed by atoms with Gasteiger partial charge in [0.1, 0.15) is 11.5 Å². The topological polar surface area (TPSA) is 55.0 Å². The molecule has 0 fully saturated rings. The summed E-state index contributed by atoms with van der Waals surface area (Å²) in [5, 5.41) is 0. The van der Waals surface area contributed by atoms with Crippen LogP contribution in [0.1, 0.15) is 21.6 Å². The van der Waals surface area contributed by atoms with Crippen molar-refractivity contribution < 1.29 is 9.53 Å². The Morgan fingerprint density at radius 2 is 2.12 bits per heavy atom. The lowest BCUT2D eigenvalue weighted by atomic mass is 10.1. The largest absolute Gasteiger partial charge is 0.464 e. The van der Waals surface area contributed by atoms with Crippen LogP contribution in [0.5, 0.6) is 0 Å². The van der Waals surface area contributed by atoms with Gasteiger partial charge in [0.15, 0.2) is 0 Å². The van der Waals surface area contributed by atoms with E-state index in [9.17, 15) is 4.79 Å². The Morgan fingerprint density at radius 3 is 2.82 bits per heavy atom. The minimum atomic E-state index is -0.408. The van der Waals surface area contributed by atoms with Crippen LogP contribution in [0, 0.1) is 13.8 Å². The molecule has 0 aliphatic rings. The van der Waals surface area contributed by atoms with Gasteiger partial charge in [0.25, 0.3) is 0 Å². The second kappa shape index (κ2) is 4.41. The number of carbonyl (C=O) groups is 1. The van der Waals surface area contributed by atoms with Crippen LogP contribution < -0.4 is 0 Å². The number of hydrogen-bond donors (Lipinski definition) is 1. The maximum absolute atomic E-state index is 11.3. The Hall–Kier alpha value is -2.10. The van der Waals surface area contributed by atoms with Gasteiger partial charge in [-0.05, 0) is 25.5 Å². The quantitative estimate of drug-likeness (QED) is 0.806. The summed E-state index contributed by atoms with van der Waals surface area (Å²) in [5.41, 5.74) is 3.63. The molecule has 2 rings (SSSR count). The van der Waals surface area contributed by atoms with E-state index in [4.69, 9.17) is 0 Å². The maximum Gasteiger partial charge on any atom is 0.356 e. The predicted octanol–water partition coefficient (Wildman–Crippen LogP) is 2.48. The molecule has 0 bridgehead atoms. The molecule has 0 aliphatic heterocycles. The van der Waals surface area contributed by atoms with Gasteiger partial charge < -0.3 is 9.72 Å². The third kappa shape index (κ3) is 2.20. The fourth-order valence-electron chi connectivity index (χ4n) is 1.66. The maximum atomic E-state index is 11.3. The number of imidazole rings is 1. The van der Waals surface area contributed by atoms with Crippen molar-refractivity contribution in [3.8, 4) is 11.4 Å². The molecule has 0 unspecified atom stereocenters. The van der Waals surface area contributed by atoms with E-state index >= 15 is 0 Å². The van der Waals surface area contributed by atoms with Crippen molar-refractivity contribution in [1.82, 2.24) is 9.97 Å². The van der Waals surface area contributed by atoms with Crippen molar-refractivity contribution >= 4 is 5.97 Å². The Balaban J connectivity index is 2.43. The number of methoxy groups -OCH3 is 1. The molecule has 0 aliphatic carbocycles. The molecule has 0 saturated heterocycles. The van der Waals surface area contributed by atoms with Gasteiger partial charge in [-0.25, -0.2) is 9.78 Å². The number of aromatic nitrogens is 2. The molecule has 1 aromatic carbocycles. The highest BCUT2D eigenvalue weighted by molar-refractivity contribution is 5.87. The molecule has 0 saturated carbocycles. The summed E-state index contributed by atoms with van der Waals surface area (Å²) in [6.45, 7) is 4.03. The highest BCUT2D eigenvalue weighted by atomic mass is 16.5.